The van der Waals surface area contributed by atoms with Crippen LogP contribution in [0.4, 0.5) is 11.4 Å². The van der Waals surface area contributed by atoms with Crippen LogP contribution in [-0.4, -0.2) is 51.2 Å². The monoisotopic (exact) mass is 517 g/mol. The van der Waals surface area contributed by atoms with Crippen molar-refractivity contribution in [3.63, 3.8) is 0 Å². The third kappa shape index (κ3) is 5.92. The van der Waals surface area contributed by atoms with Gasteiger partial charge in [0.15, 0.2) is 16.7 Å². The van der Waals surface area contributed by atoms with Crippen molar-refractivity contribution in [1.29, 1.82) is 0 Å². The zero-order valence-corrected chi connectivity index (χ0v) is 20.8. The van der Waals surface area contributed by atoms with Crippen molar-refractivity contribution >= 4 is 40.6 Å². The number of nitrogens with zero attached hydrogens (tertiary/aromatic N) is 4. The number of benzene rings is 2. The lowest BCUT2D eigenvalue weighted by molar-refractivity contribution is -0.385. The molecule has 1 N–H and O–H groups in total. The highest BCUT2D eigenvalue weighted by Gasteiger charge is 2.23. The number of halogens is 1. The van der Waals surface area contributed by atoms with Gasteiger partial charge in [0, 0.05) is 35.0 Å². The smallest absolute Gasteiger partial charge is 0.311 e. The van der Waals surface area contributed by atoms with E-state index in [2.05, 4.69) is 15.5 Å². The van der Waals surface area contributed by atoms with Gasteiger partial charge in [0.25, 0.3) is 0 Å². The number of ether oxygens (including phenoxy) is 2. The number of anilines is 1. The Hall–Kier alpha value is -3.15. The quantitative estimate of drug-likeness (QED) is 0.245. The number of carbonyl (C=O) groups is 1. The molecule has 12 heteroatoms. The summed E-state index contributed by atoms with van der Waals surface area (Å²) < 4.78 is 12.9. The van der Waals surface area contributed by atoms with Gasteiger partial charge in [-0.25, -0.2) is 0 Å². The Bertz CT molecular complexity index is 1230. The minimum atomic E-state index is -0.521. The molecule has 1 amide bonds. The Morgan fingerprint density at radius 3 is 2.77 bits per heavy atom. The van der Waals surface area contributed by atoms with Gasteiger partial charge in [-0.05, 0) is 49.6 Å². The molecule has 1 saturated heterocycles. The van der Waals surface area contributed by atoms with E-state index in [1.54, 1.807) is 19.1 Å². The standard InChI is InChI=1S/C23H24ClN5O5S/c1-14-10-19(29(31)32)20(33-2)11-18(14)25-21(30)13-35-23-27-26-22(15-5-7-16(24)8-6-15)28(23)12-17-4-3-9-34-17/h5-8,10-11,17H,3-4,9,12-13H2,1-2H3,(H,25,30)/t17-/m1/s1. The van der Waals surface area contributed by atoms with E-state index >= 15 is 0 Å². The van der Waals surface area contributed by atoms with Gasteiger partial charge in [0.05, 0.1) is 30.4 Å². The van der Waals surface area contributed by atoms with E-state index in [1.165, 1.54) is 31.0 Å². The zero-order valence-electron chi connectivity index (χ0n) is 19.2. The molecular formula is C23H24ClN5O5S. The third-order valence-corrected chi connectivity index (χ3v) is 6.78. The molecule has 0 aliphatic carbocycles. The number of nitro benzene ring substituents is 1. The lowest BCUT2D eigenvalue weighted by Gasteiger charge is -2.15. The van der Waals surface area contributed by atoms with Gasteiger partial charge in [-0.3, -0.25) is 19.5 Å². The number of nitro groups is 1. The molecule has 4 rings (SSSR count). The van der Waals surface area contributed by atoms with Crippen LogP contribution in [0.1, 0.15) is 18.4 Å². The maximum absolute atomic E-state index is 12.7. The molecule has 1 aliphatic heterocycles. The second-order valence-corrected chi connectivity index (χ2v) is 9.37. The molecule has 35 heavy (non-hydrogen) atoms. The summed E-state index contributed by atoms with van der Waals surface area (Å²) in [6, 6.07) is 10.2. The first-order valence-electron chi connectivity index (χ1n) is 10.9. The molecule has 1 aromatic heterocycles. The second-order valence-electron chi connectivity index (χ2n) is 7.99. The number of hydrogen-bond donors (Lipinski definition) is 1. The van der Waals surface area contributed by atoms with Crippen molar-refractivity contribution in [3.05, 3.63) is 57.1 Å². The number of aryl methyl sites for hydroxylation is 1. The van der Waals surface area contributed by atoms with Gasteiger partial charge in [-0.15, -0.1) is 10.2 Å². The molecule has 3 aromatic rings. The van der Waals surface area contributed by atoms with Gasteiger partial charge in [-0.2, -0.15) is 0 Å². The van der Waals surface area contributed by atoms with Crippen molar-refractivity contribution in [2.45, 2.75) is 37.6 Å². The third-order valence-electron chi connectivity index (χ3n) is 5.56. The lowest BCUT2D eigenvalue weighted by atomic mass is 10.1. The van der Waals surface area contributed by atoms with E-state index in [9.17, 15) is 14.9 Å². The normalized spacial score (nSPS) is 15.2. The minimum Gasteiger partial charge on any atom is -0.490 e. The summed E-state index contributed by atoms with van der Waals surface area (Å²) in [4.78, 5) is 23.4. The molecule has 0 bridgehead atoms. The summed E-state index contributed by atoms with van der Waals surface area (Å²) in [5, 5.41) is 23.9. The summed E-state index contributed by atoms with van der Waals surface area (Å²) in [7, 11) is 1.35. The first-order valence-corrected chi connectivity index (χ1v) is 12.3. The molecule has 0 unspecified atom stereocenters. The van der Waals surface area contributed by atoms with Gasteiger partial charge in [0.1, 0.15) is 0 Å². The Balaban J connectivity index is 1.50. The number of hydrogen-bond acceptors (Lipinski definition) is 8. The average molecular weight is 518 g/mol. The minimum absolute atomic E-state index is 0.0560. The fraction of sp³-hybridized carbons (Fsp3) is 0.348. The molecule has 184 valence electrons. The highest BCUT2D eigenvalue weighted by atomic mass is 35.5. The molecule has 0 radical (unpaired) electrons. The highest BCUT2D eigenvalue weighted by molar-refractivity contribution is 7.99. The van der Waals surface area contributed by atoms with E-state index in [4.69, 9.17) is 21.1 Å². The van der Waals surface area contributed by atoms with Crippen molar-refractivity contribution in [2.24, 2.45) is 0 Å². The van der Waals surface area contributed by atoms with Gasteiger partial charge >= 0.3 is 5.69 Å². The first-order chi connectivity index (χ1) is 16.9. The van der Waals surface area contributed by atoms with Crippen LogP contribution in [0.5, 0.6) is 5.75 Å². The summed E-state index contributed by atoms with van der Waals surface area (Å²) in [6.07, 6.45) is 2.01. The van der Waals surface area contributed by atoms with Crippen LogP contribution in [-0.2, 0) is 16.1 Å². The summed E-state index contributed by atoms with van der Waals surface area (Å²) >= 11 is 7.29. The van der Waals surface area contributed by atoms with E-state index in [-0.39, 0.29) is 29.2 Å². The number of nitrogens with one attached hydrogen (secondary N) is 1. The number of aromatic nitrogens is 3. The molecule has 1 atom stereocenters. The van der Waals surface area contributed by atoms with Crippen molar-refractivity contribution < 1.29 is 19.2 Å². The predicted molar refractivity (Wildman–Crippen MR) is 133 cm³/mol. The first kappa shape index (κ1) is 25.0. The largest absolute Gasteiger partial charge is 0.490 e. The van der Waals surface area contributed by atoms with Gasteiger partial charge < -0.3 is 14.8 Å². The number of thioether (sulfide) groups is 1. The van der Waals surface area contributed by atoms with E-state index in [1.807, 2.05) is 16.7 Å². The summed E-state index contributed by atoms with van der Waals surface area (Å²) in [5.74, 6) is 0.542. The number of amides is 1. The van der Waals surface area contributed by atoms with Crippen LogP contribution in [0.2, 0.25) is 5.02 Å². The number of rotatable bonds is 9. The van der Waals surface area contributed by atoms with Gasteiger partial charge in [-0.1, -0.05) is 23.4 Å². The SMILES string of the molecule is COc1cc(NC(=O)CSc2nnc(-c3ccc(Cl)cc3)n2C[C@H]2CCCO2)c(C)cc1[N+](=O)[O-]. The van der Waals surface area contributed by atoms with Crippen LogP contribution in [0.3, 0.4) is 0 Å². The number of methoxy groups -OCH3 is 1. The molecule has 0 spiro atoms. The summed E-state index contributed by atoms with van der Waals surface area (Å²) in [6.45, 7) is 2.99. The van der Waals surface area contributed by atoms with Crippen molar-refractivity contribution in [1.82, 2.24) is 14.8 Å². The van der Waals surface area contributed by atoms with Crippen molar-refractivity contribution in [3.8, 4) is 17.1 Å². The molecule has 10 nitrogen and oxygen atoms in total. The molecule has 1 fully saturated rings. The van der Waals surface area contributed by atoms with Gasteiger partial charge in [0.2, 0.25) is 5.91 Å². The molecule has 0 saturated carbocycles. The summed E-state index contributed by atoms with van der Waals surface area (Å²) in [5.41, 5.74) is 1.71. The van der Waals surface area contributed by atoms with Crippen LogP contribution < -0.4 is 10.1 Å². The lowest BCUT2D eigenvalue weighted by Crippen LogP contribution is -2.18. The Kier molecular flexibility index (Phi) is 7.89. The molecular weight excluding hydrogens is 494 g/mol. The van der Waals surface area contributed by atoms with Crippen LogP contribution in [0.15, 0.2) is 41.6 Å². The predicted octanol–water partition coefficient (Wildman–Crippen LogP) is 4.73. The second kappa shape index (κ2) is 11.1. The maximum atomic E-state index is 12.7. The maximum Gasteiger partial charge on any atom is 0.311 e. The van der Waals surface area contributed by atoms with Crippen LogP contribution >= 0.6 is 23.4 Å². The van der Waals surface area contributed by atoms with Crippen LogP contribution in [0, 0.1) is 17.0 Å². The molecule has 1 aliphatic rings. The zero-order chi connectivity index (χ0) is 24.9. The Labute approximate surface area is 211 Å². The molecule has 2 heterocycles. The Morgan fingerprint density at radius 2 is 2.11 bits per heavy atom. The van der Waals surface area contributed by atoms with E-state index in [0.717, 1.165) is 25.0 Å². The van der Waals surface area contributed by atoms with Crippen molar-refractivity contribution in [2.75, 3.05) is 24.8 Å². The Morgan fingerprint density at radius 1 is 1.34 bits per heavy atom. The van der Waals surface area contributed by atoms with E-state index in [0.29, 0.717) is 33.8 Å². The average Bonchev–Trinajstić information content (AvgIpc) is 3.49. The number of carbonyl (C=O) groups excluding carboxylic acids is 1. The van der Waals surface area contributed by atoms with Crippen LogP contribution in [0.25, 0.3) is 11.4 Å². The fourth-order valence-electron chi connectivity index (χ4n) is 3.79. The molecule has 2 aromatic carbocycles. The highest BCUT2D eigenvalue weighted by Crippen LogP contribution is 2.33. The van der Waals surface area contributed by atoms with E-state index < -0.39 is 4.92 Å². The topological polar surface area (TPSA) is 121 Å². The fourth-order valence-corrected chi connectivity index (χ4v) is 4.67.